The van der Waals surface area contributed by atoms with Gasteiger partial charge in [-0.1, -0.05) is 39.0 Å². The van der Waals surface area contributed by atoms with Gasteiger partial charge in [0.1, 0.15) is 0 Å². The summed E-state index contributed by atoms with van der Waals surface area (Å²) in [5, 5.41) is 0. The monoisotopic (exact) mass is 211 g/mol. The molecule has 1 heteroatoms. The number of hydrogen-bond donors (Lipinski definition) is 0. The molecule has 1 rings (SSSR count). The van der Waals surface area contributed by atoms with E-state index in [-0.39, 0.29) is 0 Å². The molecule has 88 valence electrons. The lowest BCUT2D eigenvalue weighted by atomic mass is 10.1. The zero-order valence-corrected chi connectivity index (χ0v) is 10.3. The smallest absolute Gasteiger partial charge is 0.0850 e. The van der Waals surface area contributed by atoms with Crippen LogP contribution >= 0.6 is 0 Å². The first-order valence-corrected chi connectivity index (χ1v) is 6.83. The van der Waals surface area contributed by atoms with Gasteiger partial charge in [-0.2, -0.15) is 0 Å². The standard InChI is InChI=1S/C14H27O/c1-3-5-7-9-11-13-14(15-13)12-10-8-6-4-2/h13-14H,1,3-12H2,2H3/q+1. The molecule has 0 bridgehead atoms. The lowest BCUT2D eigenvalue weighted by molar-refractivity contribution is 0.348. The Morgan fingerprint density at radius 1 is 0.867 bits per heavy atom. The lowest BCUT2D eigenvalue weighted by Crippen LogP contribution is -1.94. The molecule has 2 atom stereocenters. The Hall–Kier alpha value is -0.170. The summed E-state index contributed by atoms with van der Waals surface area (Å²) in [6.07, 6.45) is 14.4. The van der Waals surface area contributed by atoms with Gasteiger partial charge in [-0.3, -0.25) is 0 Å². The van der Waals surface area contributed by atoms with Crippen LogP contribution in [0.25, 0.3) is 0 Å². The second-order valence-corrected chi connectivity index (χ2v) is 4.77. The summed E-state index contributed by atoms with van der Waals surface area (Å²) in [5.74, 6) is 0. The maximum Gasteiger partial charge on any atom is 0.0850 e. The SMILES string of the molecule is [CH2+]CCCCCC1OC1CCCCCC. The van der Waals surface area contributed by atoms with E-state index in [1.54, 1.807) is 0 Å². The third-order valence-electron chi connectivity index (χ3n) is 3.27. The fraction of sp³-hybridized carbons (Fsp3) is 0.929. The quantitative estimate of drug-likeness (QED) is 0.294. The van der Waals surface area contributed by atoms with E-state index in [0.717, 1.165) is 6.42 Å². The summed E-state index contributed by atoms with van der Waals surface area (Å²) < 4.78 is 5.66. The van der Waals surface area contributed by atoms with Gasteiger partial charge in [0, 0.05) is 0 Å². The Labute approximate surface area is 95.6 Å². The lowest BCUT2D eigenvalue weighted by Gasteiger charge is -1.96. The number of unbranched alkanes of at least 4 members (excludes halogenated alkanes) is 6. The average molecular weight is 211 g/mol. The van der Waals surface area contributed by atoms with Crippen molar-refractivity contribution in [2.45, 2.75) is 83.3 Å². The van der Waals surface area contributed by atoms with Crippen LogP contribution in [-0.2, 0) is 4.74 Å². The first-order valence-electron chi connectivity index (χ1n) is 6.83. The Morgan fingerprint density at radius 3 is 2.00 bits per heavy atom. The summed E-state index contributed by atoms with van der Waals surface area (Å²) in [6.45, 7) is 6.12. The highest BCUT2D eigenvalue weighted by Crippen LogP contribution is 2.31. The van der Waals surface area contributed by atoms with Gasteiger partial charge in [0.05, 0.1) is 25.6 Å². The van der Waals surface area contributed by atoms with Crippen molar-refractivity contribution in [3.05, 3.63) is 6.92 Å². The Bertz CT molecular complexity index is 128. The Kier molecular flexibility index (Phi) is 6.91. The van der Waals surface area contributed by atoms with Crippen LogP contribution in [0, 0.1) is 6.92 Å². The van der Waals surface area contributed by atoms with E-state index in [2.05, 4.69) is 13.8 Å². The van der Waals surface area contributed by atoms with Crippen LogP contribution in [0.3, 0.4) is 0 Å². The van der Waals surface area contributed by atoms with Crippen molar-refractivity contribution in [1.82, 2.24) is 0 Å². The molecule has 2 unspecified atom stereocenters. The molecule has 0 aromatic heterocycles. The summed E-state index contributed by atoms with van der Waals surface area (Å²) >= 11 is 0. The van der Waals surface area contributed by atoms with Gasteiger partial charge >= 0.3 is 0 Å². The Morgan fingerprint density at radius 2 is 1.47 bits per heavy atom. The highest BCUT2D eigenvalue weighted by molar-refractivity contribution is 4.84. The highest BCUT2D eigenvalue weighted by Gasteiger charge is 2.36. The highest BCUT2D eigenvalue weighted by atomic mass is 16.6. The van der Waals surface area contributed by atoms with Crippen molar-refractivity contribution >= 4 is 0 Å². The molecule has 1 aliphatic heterocycles. The van der Waals surface area contributed by atoms with Gasteiger partial charge in [0.25, 0.3) is 0 Å². The maximum absolute atomic E-state index is 5.66. The van der Waals surface area contributed by atoms with E-state index in [4.69, 9.17) is 4.74 Å². The van der Waals surface area contributed by atoms with Gasteiger partial charge in [0.2, 0.25) is 0 Å². The molecule has 1 saturated heterocycles. The number of epoxide rings is 1. The molecule has 0 amide bonds. The zero-order chi connectivity index (χ0) is 10.9. The predicted molar refractivity (Wildman–Crippen MR) is 65.9 cm³/mol. The first-order chi connectivity index (χ1) is 7.38. The maximum atomic E-state index is 5.66. The average Bonchev–Trinajstić information content (AvgIpc) is 2.99. The van der Waals surface area contributed by atoms with Crippen LogP contribution < -0.4 is 0 Å². The third kappa shape index (κ3) is 6.09. The van der Waals surface area contributed by atoms with Crippen LogP contribution in [0.15, 0.2) is 0 Å². The number of hydrogen-bond acceptors (Lipinski definition) is 1. The van der Waals surface area contributed by atoms with Crippen molar-refractivity contribution in [3.8, 4) is 0 Å². The molecule has 1 fully saturated rings. The second-order valence-electron chi connectivity index (χ2n) is 4.77. The Balaban J connectivity index is 1.81. The molecule has 0 aromatic carbocycles. The van der Waals surface area contributed by atoms with Crippen molar-refractivity contribution < 1.29 is 4.74 Å². The molecule has 1 nitrogen and oxygen atoms in total. The fourth-order valence-electron chi connectivity index (χ4n) is 2.16. The van der Waals surface area contributed by atoms with Crippen LogP contribution in [0.1, 0.15) is 71.1 Å². The van der Waals surface area contributed by atoms with Crippen molar-refractivity contribution in [2.24, 2.45) is 0 Å². The van der Waals surface area contributed by atoms with E-state index in [1.807, 2.05) is 0 Å². The zero-order valence-electron chi connectivity index (χ0n) is 10.3. The topological polar surface area (TPSA) is 12.5 Å². The molecule has 1 heterocycles. The second kappa shape index (κ2) is 8.04. The van der Waals surface area contributed by atoms with Crippen molar-refractivity contribution in [3.63, 3.8) is 0 Å². The summed E-state index contributed by atoms with van der Waals surface area (Å²) in [5.41, 5.74) is 0. The minimum absolute atomic E-state index is 0.622. The normalized spacial score (nSPS) is 24.3. The van der Waals surface area contributed by atoms with Crippen LogP contribution in [0.5, 0.6) is 0 Å². The minimum Gasteiger partial charge on any atom is -0.370 e. The molecule has 1 aliphatic rings. The van der Waals surface area contributed by atoms with E-state index in [9.17, 15) is 0 Å². The molecule has 0 aromatic rings. The summed E-state index contributed by atoms with van der Waals surface area (Å²) in [7, 11) is 0. The van der Waals surface area contributed by atoms with Gasteiger partial charge in [0.15, 0.2) is 0 Å². The molecule has 15 heavy (non-hydrogen) atoms. The van der Waals surface area contributed by atoms with Crippen LogP contribution in [0.2, 0.25) is 0 Å². The van der Waals surface area contributed by atoms with Gasteiger partial charge in [-0.25, -0.2) is 0 Å². The van der Waals surface area contributed by atoms with Crippen LogP contribution in [0.4, 0.5) is 0 Å². The van der Waals surface area contributed by atoms with E-state index in [1.165, 1.54) is 57.8 Å². The number of rotatable bonds is 10. The largest absolute Gasteiger partial charge is 0.370 e. The number of ether oxygens (including phenoxy) is 1. The molecule has 0 N–H and O–H groups in total. The van der Waals surface area contributed by atoms with Gasteiger partial charge < -0.3 is 4.74 Å². The van der Waals surface area contributed by atoms with Gasteiger partial charge in [-0.05, 0) is 25.7 Å². The summed E-state index contributed by atoms with van der Waals surface area (Å²) in [6, 6.07) is 0. The predicted octanol–water partition coefficient (Wildman–Crippen LogP) is 4.51. The molecular formula is C14H27O+. The molecular weight excluding hydrogens is 184 g/mol. The van der Waals surface area contributed by atoms with Crippen molar-refractivity contribution in [2.75, 3.05) is 0 Å². The van der Waals surface area contributed by atoms with E-state index in [0.29, 0.717) is 12.2 Å². The van der Waals surface area contributed by atoms with E-state index >= 15 is 0 Å². The molecule has 0 aliphatic carbocycles. The summed E-state index contributed by atoms with van der Waals surface area (Å²) in [4.78, 5) is 0. The van der Waals surface area contributed by atoms with Gasteiger partial charge in [-0.15, -0.1) is 0 Å². The van der Waals surface area contributed by atoms with Crippen molar-refractivity contribution in [1.29, 1.82) is 0 Å². The van der Waals surface area contributed by atoms with E-state index < -0.39 is 0 Å². The third-order valence-corrected chi connectivity index (χ3v) is 3.27. The first kappa shape index (κ1) is 12.9. The molecule has 0 saturated carbocycles. The minimum atomic E-state index is 0.622. The molecule has 0 radical (unpaired) electrons. The van der Waals surface area contributed by atoms with Crippen LogP contribution in [-0.4, -0.2) is 12.2 Å². The fourth-order valence-corrected chi connectivity index (χ4v) is 2.16. The molecule has 0 spiro atoms.